The van der Waals surface area contributed by atoms with Gasteiger partial charge in [-0.15, -0.1) is 0 Å². The SMILES string of the molecule is Cc1ccc(C(=O)ON=C2CC3(C(=O)Nc4ccc(I)cc4)CCC2(C)C3(C)C)cc1. The molecular weight excluding hydrogens is 503 g/mol. The summed E-state index contributed by atoms with van der Waals surface area (Å²) < 4.78 is 1.12. The first kappa shape index (κ1) is 22.0. The Labute approximate surface area is 196 Å². The smallest absolute Gasteiger partial charge is 0.326 e. The van der Waals surface area contributed by atoms with Crippen LogP contribution in [0.25, 0.3) is 0 Å². The van der Waals surface area contributed by atoms with Gasteiger partial charge in [-0.2, -0.15) is 0 Å². The number of rotatable bonds is 4. The molecule has 162 valence electrons. The molecule has 2 atom stereocenters. The average Bonchev–Trinajstić information content (AvgIpc) is 3.05. The predicted molar refractivity (Wildman–Crippen MR) is 130 cm³/mol. The minimum absolute atomic E-state index is 0.0116. The number of carbonyl (C=O) groups excluding carboxylic acids is 2. The van der Waals surface area contributed by atoms with Gasteiger partial charge in [0.05, 0.1) is 16.7 Å². The summed E-state index contributed by atoms with van der Waals surface area (Å²) in [6.07, 6.45) is 2.12. The molecule has 0 saturated heterocycles. The molecule has 2 aromatic rings. The van der Waals surface area contributed by atoms with Gasteiger partial charge < -0.3 is 10.2 Å². The van der Waals surface area contributed by atoms with Crippen LogP contribution in [-0.4, -0.2) is 17.6 Å². The number of oxime groups is 1. The Hall–Kier alpha value is -2.22. The summed E-state index contributed by atoms with van der Waals surface area (Å²) in [5, 5.41) is 7.42. The quantitative estimate of drug-likeness (QED) is 0.301. The molecule has 0 aliphatic heterocycles. The van der Waals surface area contributed by atoms with Crippen molar-refractivity contribution < 1.29 is 14.4 Å². The second-order valence-electron chi connectivity index (χ2n) is 9.46. The molecule has 1 N–H and O–H groups in total. The highest BCUT2D eigenvalue weighted by Gasteiger charge is 2.71. The topological polar surface area (TPSA) is 67.8 Å². The predicted octanol–water partition coefficient (Wildman–Crippen LogP) is 5.97. The highest BCUT2D eigenvalue weighted by Crippen LogP contribution is 2.71. The van der Waals surface area contributed by atoms with E-state index in [0.717, 1.165) is 33.4 Å². The van der Waals surface area contributed by atoms with Crippen LogP contribution < -0.4 is 5.32 Å². The average molecular weight is 530 g/mol. The molecule has 2 fully saturated rings. The lowest BCUT2D eigenvalue weighted by molar-refractivity contribution is -0.130. The number of nitrogens with one attached hydrogen (secondary N) is 1. The van der Waals surface area contributed by atoms with Crippen LogP contribution in [0.5, 0.6) is 0 Å². The van der Waals surface area contributed by atoms with E-state index in [2.05, 4.69) is 53.8 Å². The number of aryl methyl sites for hydroxylation is 1. The second kappa shape index (κ2) is 7.73. The molecule has 0 spiro atoms. The Morgan fingerprint density at radius 3 is 2.29 bits per heavy atom. The molecule has 31 heavy (non-hydrogen) atoms. The van der Waals surface area contributed by atoms with Crippen LogP contribution in [-0.2, 0) is 9.63 Å². The van der Waals surface area contributed by atoms with E-state index in [1.807, 2.05) is 43.3 Å². The van der Waals surface area contributed by atoms with Crippen molar-refractivity contribution in [2.75, 3.05) is 5.32 Å². The minimum Gasteiger partial charge on any atom is -0.326 e. The molecule has 4 rings (SSSR count). The number of carbonyl (C=O) groups is 2. The van der Waals surface area contributed by atoms with Gasteiger partial charge in [0, 0.05) is 21.1 Å². The number of nitrogens with zero attached hydrogens (tertiary/aromatic N) is 1. The van der Waals surface area contributed by atoms with Crippen molar-refractivity contribution in [3.8, 4) is 0 Å². The molecular formula is C25H27IN2O3. The van der Waals surface area contributed by atoms with Crippen LogP contribution in [0.1, 0.15) is 56.0 Å². The zero-order valence-electron chi connectivity index (χ0n) is 18.3. The Kier molecular flexibility index (Phi) is 5.48. The van der Waals surface area contributed by atoms with Crippen LogP contribution in [0, 0.1) is 26.7 Å². The van der Waals surface area contributed by atoms with E-state index in [4.69, 9.17) is 4.84 Å². The lowest BCUT2D eigenvalue weighted by atomic mass is 9.64. The van der Waals surface area contributed by atoms with Gasteiger partial charge in [-0.3, -0.25) is 4.79 Å². The van der Waals surface area contributed by atoms with Gasteiger partial charge in [-0.25, -0.2) is 4.79 Å². The zero-order chi connectivity index (χ0) is 22.4. The number of amides is 1. The molecule has 0 heterocycles. The van der Waals surface area contributed by atoms with E-state index < -0.39 is 11.4 Å². The van der Waals surface area contributed by atoms with Crippen LogP contribution >= 0.6 is 22.6 Å². The molecule has 2 aromatic carbocycles. The minimum atomic E-state index is -0.583. The molecule has 0 radical (unpaired) electrons. The third-order valence-corrected chi connectivity index (χ3v) is 8.52. The Bertz CT molecular complexity index is 1060. The van der Waals surface area contributed by atoms with E-state index in [1.54, 1.807) is 12.1 Å². The summed E-state index contributed by atoms with van der Waals surface area (Å²) in [5.41, 5.74) is 1.92. The second-order valence-corrected chi connectivity index (χ2v) is 10.7. The fourth-order valence-electron chi connectivity index (χ4n) is 5.15. The van der Waals surface area contributed by atoms with E-state index in [9.17, 15) is 9.59 Å². The first-order valence-electron chi connectivity index (χ1n) is 10.5. The van der Waals surface area contributed by atoms with Crippen molar-refractivity contribution in [3.05, 3.63) is 63.2 Å². The number of hydrogen-bond acceptors (Lipinski definition) is 4. The van der Waals surface area contributed by atoms with Gasteiger partial charge in [0.25, 0.3) is 0 Å². The third-order valence-electron chi connectivity index (χ3n) is 7.80. The van der Waals surface area contributed by atoms with Gasteiger partial charge in [0.2, 0.25) is 5.91 Å². The molecule has 0 aromatic heterocycles. The van der Waals surface area contributed by atoms with Crippen LogP contribution in [0.15, 0.2) is 53.7 Å². The fraction of sp³-hybridized carbons (Fsp3) is 0.400. The molecule has 1 amide bonds. The zero-order valence-corrected chi connectivity index (χ0v) is 20.4. The number of hydrogen-bond donors (Lipinski definition) is 1. The standard InChI is InChI=1S/C25H27IN2O3/c1-16-5-7-17(8-6-16)21(29)31-28-20-15-25(14-13-24(20,4)23(25,2)3)22(30)27-19-11-9-18(26)10-12-19/h5-12H,13-15H2,1-4H3,(H,27,30). The molecule has 2 bridgehead atoms. The van der Waals surface area contributed by atoms with Crippen molar-refractivity contribution in [3.63, 3.8) is 0 Å². The van der Waals surface area contributed by atoms with Gasteiger partial charge in [0.15, 0.2) is 0 Å². The van der Waals surface area contributed by atoms with E-state index in [1.165, 1.54) is 0 Å². The lowest BCUT2D eigenvalue weighted by Gasteiger charge is -2.39. The number of benzene rings is 2. The van der Waals surface area contributed by atoms with Crippen LogP contribution in [0.3, 0.4) is 0 Å². The maximum absolute atomic E-state index is 13.5. The largest absolute Gasteiger partial charge is 0.365 e. The highest BCUT2D eigenvalue weighted by atomic mass is 127. The van der Waals surface area contributed by atoms with Crippen molar-refractivity contribution in [2.24, 2.45) is 21.4 Å². The van der Waals surface area contributed by atoms with Gasteiger partial charge in [-0.1, -0.05) is 43.6 Å². The van der Waals surface area contributed by atoms with Gasteiger partial charge in [0.1, 0.15) is 0 Å². The van der Waals surface area contributed by atoms with Crippen molar-refractivity contribution in [1.82, 2.24) is 0 Å². The first-order chi connectivity index (χ1) is 14.6. The maximum Gasteiger partial charge on any atom is 0.365 e. The summed E-state index contributed by atoms with van der Waals surface area (Å²) >= 11 is 2.25. The normalized spacial score (nSPS) is 27.3. The molecule has 2 aliphatic rings. The lowest BCUT2D eigenvalue weighted by Crippen LogP contribution is -2.43. The first-order valence-corrected chi connectivity index (χ1v) is 11.6. The fourth-order valence-corrected chi connectivity index (χ4v) is 5.50. The van der Waals surface area contributed by atoms with Gasteiger partial charge in [-0.05, 0) is 84.2 Å². The van der Waals surface area contributed by atoms with Crippen LogP contribution in [0.2, 0.25) is 0 Å². The monoisotopic (exact) mass is 530 g/mol. The molecule has 6 heteroatoms. The Morgan fingerprint density at radius 2 is 1.65 bits per heavy atom. The molecule has 2 saturated carbocycles. The summed E-state index contributed by atoms with van der Waals surface area (Å²) in [5.74, 6) is -0.466. The van der Waals surface area contributed by atoms with Gasteiger partial charge >= 0.3 is 5.97 Å². The summed E-state index contributed by atoms with van der Waals surface area (Å²) in [6.45, 7) is 8.38. The number of fused-ring (bicyclic) bond motifs is 2. The van der Waals surface area contributed by atoms with Crippen molar-refractivity contribution in [1.29, 1.82) is 0 Å². The molecule has 2 unspecified atom stereocenters. The van der Waals surface area contributed by atoms with Crippen LogP contribution in [0.4, 0.5) is 5.69 Å². The van der Waals surface area contributed by atoms with E-state index in [-0.39, 0.29) is 16.7 Å². The molecule has 2 aliphatic carbocycles. The summed E-state index contributed by atoms with van der Waals surface area (Å²) in [4.78, 5) is 31.3. The number of halogens is 1. The Balaban J connectivity index is 1.57. The summed E-state index contributed by atoms with van der Waals surface area (Å²) in [6, 6.07) is 15.0. The molecule has 5 nitrogen and oxygen atoms in total. The van der Waals surface area contributed by atoms with Crippen molar-refractivity contribution in [2.45, 2.75) is 47.0 Å². The maximum atomic E-state index is 13.5. The summed E-state index contributed by atoms with van der Waals surface area (Å²) in [7, 11) is 0. The van der Waals surface area contributed by atoms with E-state index >= 15 is 0 Å². The Morgan fingerprint density at radius 1 is 1.00 bits per heavy atom. The van der Waals surface area contributed by atoms with Crippen molar-refractivity contribution >= 4 is 45.9 Å². The van der Waals surface area contributed by atoms with E-state index in [0.29, 0.717) is 12.0 Å². The third kappa shape index (κ3) is 3.49. The highest BCUT2D eigenvalue weighted by molar-refractivity contribution is 14.1. The number of anilines is 1.